The molecule has 0 rings (SSSR count). The number of amides is 3. The van der Waals surface area contributed by atoms with Crippen molar-refractivity contribution in [3.63, 3.8) is 0 Å². The molecule has 37 atom stereocenters. The molecule has 29 unspecified atom stereocenters. The topological polar surface area (TPSA) is 368 Å². The van der Waals surface area contributed by atoms with Crippen LogP contribution in [0, 0.1) is 41.4 Å². The third-order valence-electron chi connectivity index (χ3n) is 20.4. The van der Waals surface area contributed by atoms with Crippen molar-refractivity contribution in [2.24, 2.45) is 46.2 Å². The lowest BCUT2D eigenvalue weighted by molar-refractivity contribution is -0.143. The Balaban J connectivity index is -0.000000202. The highest BCUT2D eigenvalue weighted by molar-refractivity contribution is 8.42. The van der Waals surface area contributed by atoms with Gasteiger partial charge in [-0.3, -0.25) is 52.1 Å². The molecule has 0 heterocycles. The van der Waals surface area contributed by atoms with E-state index in [1.165, 1.54) is 37.5 Å². The van der Waals surface area contributed by atoms with Crippen LogP contribution >= 0.6 is 124 Å². The first kappa shape index (κ1) is 134. The maximum absolute atomic E-state index is 13.0. The molecule has 0 fully saturated rings. The van der Waals surface area contributed by atoms with E-state index in [1.807, 2.05) is 114 Å². The first-order valence-corrected chi connectivity index (χ1v) is 55.5. The van der Waals surface area contributed by atoms with Crippen molar-refractivity contribution in [1.29, 1.82) is 0 Å². The third-order valence-corrected chi connectivity index (χ3v) is 31.0. The Morgan fingerprint density at radius 2 is 0.880 bits per heavy atom. The molecule has 0 radical (unpaired) electrons. The van der Waals surface area contributed by atoms with E-state index < -0.39 is 86.7 Å². The molecule has 0 saturated heterocycles. The number of aliphatic hydroxyl groups is 5. The summed E-state index contributed by atoms with van der Waals surface area (Å²) in [5, 5.41) is 64.0. The summed E-state index contributed by atoms with van der Waals surface area (Å²) in [4.78, 5) is 88.0. The van der Waals surface area contributed by atoms with Gasteiger partial charge < -0.3 is 83.4 Å². The predicted octanol–water partition coefficient (Wildman–Crippen LogP) is 10.4. The van der Waals surface area contributed by atoms with Crippen LogP contribution in [0.1, 0.15) is 158 Å². The van der Waals surface area contributed by atoms with Gasteiger partial charge in [0.2, 0.25) is 17.7 Å². The lowest BCUT2D eigenvalue weighted by atomic mass is 9.84. The van der Waals surface area contributed by atoms with Gasteiger partial charge in [-0.1, -0.05) is 137 Å². The Kier molecular flexibility index (Phi) is 85.0. The summed E-state index contributed by atoms with van der Waals surface area (Å²) in [6.45, 7) is 41.5. The summed E-state index contributed by atoms with van der Waals surface area (Å²) in [5.41, 5.74) is 0. The van der Waals surface area contributed by atoms with Gasteiger partial charge in [-0.25, -0.2) is 8.42 Å². The first-order chi connectivity index (χ1) is 53.3. The van der Waals surface area contributed by atoms with E-state index in [-0.39, 0.29) is 99.8 Å². The van der Waals surface area contributed by atoms with Crippen LogP contribution < -0.4 is 0 Å². The Bertz CT molecular complexity index is 2730. The average molecular weight is 1960 g/mol. The Labute approximate surface area is 739 Å². The van der Waals surface area contributed by atoms with Gasteiger partial charge in [0.05, 0.1) is 95.5 Å². The highest BCUT2D eigenvalue weighted by atomic mass is 32.4. The van der Waals surface area contributed by atoms with E-state index in [0.29, 0.717) is 61.0 Å². The van der Waals surface area contributed by atoms with Gasteiger partial charge in [-0.2, -0.15) is 0 Å². The number of carboxylic acid groups (broad SMARTS) is 2. The predicted molar refractivity (Wildman–Crippen MR) is 530 cm³/mol. The Morgan fingerprint density at radius 3 is 1.18 bits per heavy atom. The number of hydrogen-bond acceptors (Lipinski definition) is 25. The van der Waals surface area contributed by atoms with Crippen LogP contribution in [0.5, 0.6) is 0 Å². The molecule has 0 aliphatic carbocycles. The molecular weight excluding hydrogens is 1790 g/mol. The van der Waals surface area contributed by atoms with Crippen LogP contribution in [-0.4, -0.2) is 346 Å². The van der Waals surface area contributed by atoms with Crippen molar-refractivity contribution in [2.45, 2.75) is 265 Å². The smallest absolute Gasteiger partial charge is 0.307 e. The summed E-state index contributed by atoms with van der Waals surface area (Å²) >= 11 is 0. The number of carboxylic acids is 2. The zero-order valence-electron chi connectivity index (χ0n) is 76.6. The highest BCUT2D eigenvalue weighted by Crippen LogP contribution is 2.55. The number of nitrogens with zero attached hydrogens (tertiary/aromatic N) is 11. The maximum atomic E-state index is 13.0. The largest absolute Gasteiger partial charge is 0.481 e. The summed E-state index contributed by atoms with van der Waals surface area (Å²) in [5.74, 6) is -3.14. The summed E-state index contributed by atoms with van der Waals surface area (Å²) in [7, 11) is 45.8. The molecule has 0 aromatic rings. The summed E-state index contributed by atoms with van der Waals surface area (Å²) < 4.78 is 53.9. The van der Waals surface area contributed by atoms with Gasteiger partial charge >= 0.3 is 11.9 Å². The molecule has 0 aliphatic rings. The molecule has 7 N–H and O–H groups in total. The molecule has 0 bridgehead atoms. The van der Waals surface area contributed by atoms with E-state index in [2.05, 4.69) is 149 Å². The number of likely N-dealkylation sites (N-methyl/N-ethyl adjacent to an activating group) is 6. The fourth-order valence-electron chi connectivity index (χ4n) is 9.93. The minimum atomic E-state index is -3.42. The standard InChI is InChI=1S/C24H49N3O4.C12H25NO4S.C10H21N2O3P.C6H18NO2P3.C6H16NOP3.2C5H14NO2P3.C4H10NOP/c1-15(13-18(4)25(8)9)12-16(2)19(5)24(31)26(10)14-17(3)23(30)27(11)20(6)22(29)21(7)28;1-8(13(5)6)7-9(2)18(16,17)11(4)10(3)12(14)15;1-6(5-11-16)10(15)12(4)7(2)9(14)8(3)13;1-4(7(3)10)6(5(2)8)9-12-11;1-4-6(8-11-10)5(2)7(3)9;1-4(6(2)9)5(3-7)8-11-10;1-4(5(7)8)3-6(2)11(9)10;1-4(3-6)5(2)7/h15-22,28-29H,12-14H2,1-11H3;8-11H,7H2,1-6H3,(H,14,15);6-9,13-14,16H,5H2,1-4H3;4-6,8,12H,10-11H2,1-3H3;4-6,11H,1,9-10H2,2-3H3;3-5,11H,9-10H2,1-2H3;4H,3,9-10H2,1-2H3,(H,7,8);3-4H,7H2,1-2H3/t15?,16?,17?,18?,19?,20-,21-,22+;;6?,7-,8?,9?;4-,5?,6?;5-,6?;4-,5?;;4-/m0.0000.0/s1. The molecule has 0 aromatic heterocycles. The minimum absolute atomic E-state index is 0.0185. The summed E-state index contributed by atoms with van der Waals surface area (Å²) in [6.07, 6.45) is 1.66. The second-order valence-corrected chi connectivity index (χ2v) is 47.3. The Hall–Kier alpha value is 1.47. The molecular formula is C72H167N11O19P14S. The van der Waals surface area contributed by atoms with Gasteiger partial charge in [-0.05, 0) is 194 Å². The van der Waals surface area contributed by atoms with Crippen LogP contribution in [-0.2, 0) is 57.0 Å². The van der Waals surface area contributed by atoms with E-state index >= 15 is 0 Å². The summed E-state index contributed by atoms with van der Waals surface area (Å²) in [6, 6.07) is 0.381. The number of aliphatic hydroxyl groups excluding tert-OH is 5. The molecule has 0 aliphatic heterocycles. The number of carbonyl (C=O) groups is 7. The molecule has 117 heavy (non-hydrogen) atoms. The average Bonchev–Trinajstić information content (AvgIpc) is 0.818. The second-order valence-electron chi connectivity index (χ2n) is 31.1. The molecule has 3 amide bonds. The number of hydrogen-bond donors (Lipinski definition) is 7. The Morgan fingerprint density at radius 1 is 0.496 bits per heavy atom. The zero-order valence-corrected chi connectivity index (χ0v) is 92.7. The van der Waals surface area contributed by atoms with Crippen LogP contribution in [0.15, 0.2) is 17.4 Å². The monoisotopic (exact) mass is 1960 g/mol. The lowest BCUT2D eigenvalue weighted by Crippen LogP contribution is -2.50. The van der Waals surface area contributed by atoms with Gasteiger partial charge in [0, 0.05) is 103 Å². The highest BCUT2D eigenvalue weighted by Gasteiger charge is 2.37. The van der Waals surface area contributed by atoms with E-state index in [0.717, 1.165) is 25.4 Å². The number of aliphatic carboxylic acids is 2. The maximum Gasteiger partial charge on any atom is 0.307 e. The van der Waals surface area contributed by atoms with Crippen molar-refractivity contribution >= 4 is 176 Å². The van der Waals surface area contributed by atoms with Crippen LogP contribution in [0.3, 0.4) is 0 Å². The molecule has 0 saturated carbocycles. The van der Waals surface area contributed by atoms with Crippen molar-refractivity contribution in [3.05, 3.63) is 12.7 Å². The number of sulfone groups is 1. The van der Waals surface area contributed by atoms with Gasteiger partial charge in [0.15, 0.2) is 16.1 Å². The van der Waals surface area contributed by atoms with E-state index in [1.54, 1.807) is 79.2 Å². The van der Waals surface area contributed by atoms with Crippen molar-refractivity contribution in [3.8, 4) is 0 Å². The molecule has 45 heteroatoms. The molecule has 0 spiro atoms. The fraction of sp³-hybridized carbons (Fsp3) is 0.875. The minimum Gasteiger partial charge on any atom is -0.481 e. The van der Waals surface area contributed by atoms with E-state index in [9.17, 15) is 67.5 Å². The van der Waals surface area contributed by atoms with Crippen LogP contribution in [0.2, 0.25) is 0 Å². The van der Waals surface area contributed by atoms with Gasteiger partial charge in [0.25, 0.3) is 0 Å². The van der Waals surface area contributed by atoms with Crippen LogP contribution in [0.25, 0.3) is 0 Å². The molecule has 0 aromatic carbocycles. The van der Waals surface area contributed by atoms with Crippen LogP contribution in [0.4, 0.5) is 0 Å². The number of aldehydes is 2. The third kappa shape index (κ3) is 61.6. The SMILES string of the molecule is C=CC(OPP)[C@H](C)N(C)P.CC(C(=O)O)C(C)S(=O)(=O)C(C)CC(C)N(C)C.CC(CC(C)C(C)C(=O)N(C)CC(C)C(=O)N(C)[C@@H](C)[C@@H](O)[C@H](C)O)CC(C)N(C)C.CC(CN(C)P(P)P)C(=O)O.CC(CN=P)C(=O)N(C)[C@@H](C)C(O)C(C)O.CC(O)C(OPP)[C@H](C)N(C)P.C[C@@H](C(C=O)OPP)N(C)P.C[C@@H](C=O)N(C)P. The molecule has 700 valence electrons. The normalized spacial score (nSPS) is 18.2. The zero-order chi connectivity index (χ0) is 94.5. The quantitative estimate of drug-likeness (QED) is 0.0169. The van der Waals surface area contributed by atoms with E-state index in [4.69, 9.17) is 23.8 Å². The number of carbonyl (C=O) groups excluding carboxylic acids is 5. The van der Waals surface area contributed by atoms with Crippen molar-refractivity contribution in [2.75, 3.05) is 104 Å². The fourth-order valence-corrected chi connectivity index (χ4v) is 16.6. The van der Waals surface area contributed by atoms with Crippen molar-refractivity contribution < 1.29 is 91.3 Å². The van der Waals surface area contributed by atoms with Crippen molar-refractivity contribution in [1.82, 2.24) is 47.9 Å². The number of rotatable bonds is 47. The first-order valence-electron chi connectivity index (χ1n) is 38.7. The molecule has 30 nitrogen and oxygen atoms in total. The van der Waals surface area contributed by atoms with Gasteiger partial charge in [0.1, 0.15) is 18.5 Å². The lowest BCUT2D eigenvalue weighted by Gasteiger charge is -2.34. The van der Waals surface area contributed by atoms with Gasteiger partial charge in [-0.15, -0.1) is 6.58 Å². The second kappa shape index (κ2) is 74.3.